The lowest BCUT2D eigenvalue weighted by molar-refractivity contribution is 0.0859. The molecular weight excluding hydrogens is 262 g/mol. The van der Waals surface area contributed by atoms with E-state index in [0.717, 1.165) is 48.5 Å². The summed E-state index contributed by atoms with van der Waals surface area (Å²) in [6.45, 7) is 7.92. The Morgan fingerprint density at radius 3 is 2.71 bits per heavy atom. The van der Waals surface area contributed by atoms with Crippen LogP contribution in [0.2, 0.25) is 0 Å². The van der Waals surface area contributed by atoms with Crippen molar-refractivity contribution < 1.29 is 9.53 Å². The number of benzene rings is 1. The van der Waals surface area contributed by atoms with E-state index in [1.54, 1.807) is 0 Å². The molecule has 2 aliphatic rings. The maximum absolute atomic E-state index is 12.9. The van der Waals surface area contributed by atoms with Crippen molar-refractivity contribution in [1.29, 1.82) is 0 Å². The van der Waals surface area contributed by atoms with Gasteiger partial charge in [-0.1, -0.05) is 12.5 Å². The molecule has 0 bridgehead atoms. The Balaban J connectivity index is 1.82. The van der Waals surface area contributed by atoms with Crippen LogP contribution in [0.4, 0.5) is 0 Å². The van der Waals surface area contributed by atoms with E-state index in [2.05, 4.69) is 11.0 Å². The number of carbonyl (C=O) groups excluding carboxylic acids is 1. The number of carbonyl (C=O) groups is 1. The summed E-state index contributed by atoms with van der Waals surface area (Å²) in [6, 6.07) is 4.09. The van der Waals surface area contributed by atoms with E-state index in [1.165, 1.54) is 19.3 Å². The fourth-order valence-electron chi connectivity index (χ4n) is 3.61. The molecule has 0 aliphatic carbocycles. The fraction of sp³-hybridized carbons (Fsp3) is 0.611. The zero-order valence-electron chi connectivity index (χ0n) is 13.2. The summed E-state index contributed by atoms with van der Waals surface area (Å²) >= 11 is 0. The third-order valence-electron chi connectivity index (χ3n) is 4.70. The van der Waals surface area contributed by atoms with Crippen LogP contribution in [0.25, 0.3) is 0 Å². The largest absolute Gasteiger partial charge is 0.493 e. The monoisotopic (exact) mass is 287 g/mol. The molecule has 0 spiro atoms. The van der Waals surface area contributed by atoms with Crippen molar-refractivity contribution >= 4 is 5.78 Å². The lowest BCUT2D eigenvalue weighted by Crippen LogP contribution is -2.36. The van der Waals surface area contributed by atoms with Crippen molar-refractivity contribution in [1.82, 2.24) is 4.90 Å². The van der Waals surface area contributed by atoms with Gasteiger partial charge in [-0.25, -0.2) is 0 Å². The number of nitrogens with zero attached hydrogens (tertiary/aromatic N) is 1. The van der Waals surface area contributed by atoms with Crippen LogP contribution in [0, 0.1) is 19.8 Å². The van der Waals surface area contributed by atoms with Crippen molar-refractivity contribution in [3.63, 3.8) is 0 Å². The lowest BCUT2D eigenvalue weighted by Gasteiger charge is -2.29. The standard InChI is InChI=1S/C18H25NO2/c1-13-10-14(2)18-16(11-13)17(20)15(6-9-21-18)12-19-7-4-3-5-8-19/h10-11,15H,3-9,12H2,1-2H3. The highest BCUT2D eigenvalue weighted by Crippen LogP contribution is 2.32. The number of hydrogen-bond donors (Lipinski definition) is 0. The zero-order chi connectivity index (χ0) is 14.8. The van der Waals surface area contributed by atoms with Crippen LogP contribution >= 0.6 is 0 Å². The van der Waals surface area contributed by atoms with Crippen LogP contribution in [0.3, 0.4) is 0 Å². The molecule has 1 fully saturated rings. The maximum atomic E-state index is 12.9. The summed E-state index contributed by atoms with van der Waals surface area (Å²) in [5.74, 6) is 1.18. The number of aryl methyl sites for hydroxylation is 2. The molecule has 0 saturated carbocycles. The first-order chi connectivity index (χ1) is 10.1. The van der Waals surface area contributed by atoms with E-state index in [-0.39, 0.29) is 11.7 Å². The quantitative estimate of drug-likeness (QED) is 0.835. The zero-order valence-corrected chi connectivity index (χ0v) is 13.2. The highest BCUT2D eigenvalue weighted by Gasteiger charge is 2.29. The highest BCUT2D eigenvalue weighted by atomic mass is 16.5. The fourth-order valence-corrected chi connectivity index (χ4v) is 3.61. The first-order valence-corrected chi connectivity index (χ1v) is 8.16. The van der Waals surface area contributed by atoms with Crippen molar-refractivity contribution in [3.05, 3.63) is 28.8 Å². The van der Waals surface area contributed by atoms with Gasteiger partial charge in [0, 0.05) is 12.5 Å². The molecule has 3 rings (SSSR count). The smallest absolute Gasteiger partial charge is 0.171 e. The molecule has 1 aromatic rings. The SMILES string of the molecule is Cc1cc(C)c2c(c1)C(=O)C(CN1CCCCC1)CCO2. The number of piperidine rings is 1. The molecular formula is C18H25NO2. The second-order valence-corrected chi connectivity index (χ2v) is 6.52. The number of hydrogen-bond acceptors (Lipinski definition) is 3. The molecule has 1 unspecified atom stereocenters. The molecule has 2 aliphatic heterocycles. The van der Waals surface area contributed by atoms with Crippen molar-refractivity contribution in [2.75, 3.05) is 26.2 Å². The molecule has 114 valence electrons. The molecule has 0 N–H and O–H groups in total. The molecule has 1 saturated heterocycles. The average molecular weight is 287 g/mol. The molecule has 1 atom stereocenters. The maximum Gasteiger partial charge on any atom is 0.171 e. The minimum absolute atomic E-state index is 0.0885. The second-order valence-electron chi connectivity index (χ2n) is 6.52. The molecule has 2 heterocycles. The van der Waals surface area contributed by atoms with E-state index in [4.69, 9.17) is 4.74 Å². The van der Waals surface area contributed by atoms with Crippen molar-refractivity contribution in [2.24, 2.45) is 5.92 Å². The van der Waals surface area contributed by atoms with E-state index >= 15 is 0 Å². The molecule has 0 aromatic heterocycles. The Morgan fingerprint density at radius 2 is 1.95 bits per heavy atom. The average Bonchev–Trinajstić information content (AvgIpc) is 2.62. The third kappa shape index (κ3) is 3.13. The number of ether oxygens (including phenoxy) is 1. The van der Waals surface area contributed by atoms with Crippen molar-refractivity contribution in [2.45, 2.75) is 39.5 Å². The van der Waals surface area contributed by atoms with Gasteiger partial charge in [-0.15, -0.1) is 0 Å². The Morgan fingerprint density at radius 1 is 1.19 bits per heavy atom. The normalized spacial score (nSPS) is 23.3. The Labute approximate surface area is 127 Å². The van der Waals surface area contributed by atoms with Gasteiger partial charge in [-0.2, -0.15) is 0 Å². The molecule has 1 aromatic carbocycles. The topological polar surface area (TPSA) is 29.5 Å². The number of rotatable bonds is 2. The summed E-state index contributed by atoms with van der Waals surface area (Å²) in [7, 11) is 0. The van der Waals surface area contributed by atoms with Gasteiger partial charge >= 0.3 is 0 Å². The molecule has 3 heteroatoms. The van der Waals surface area contributed by atoms with Crippen LogP contribution in [-0.4, -0.2) is 36.9 Å². The van der Waals surface area contributed by atoms with Crippen molar-refractivity contribution in [3.8, 4) is 5.75 Å². The van der Waals surface area contributed by atoms with Crippen LogP contribution in [0.15, 0.2) is 12.1 Å². The van der Waals surface area contributed by atoms with E-state index in [0.29, 0.717) is 6.61 Å². The van der Waals surface area contributed by atoms with Gasteiger partial charge in [0.15, 0.2) is 5.78 Å². The first kappa shape index (κ1) is 14.6. The predicted octanol–water partition coefficient (Wildman–Crippen LogP) is 3.37. The van der Waals surface area contributed by atoms with Gasteiger partial charge in [0.1, 0.15) is 5.75 Å². The number of likely N-dealkylation sites (tertiary alicyclic amines) is 1. The lowest BCUT2D eigenvalue weighted by atomic mass is 9.92. The third-order valence-corrected chi connectivity index (χ3v) is 4.70. The van der Waals surface area contributed by atoms with E-state index in [9.17, 15) is 4.79 Å². The van der Waals surface area contributed by atoms with Gasteiger partial charge in [0.05, 0.1) is 12.2 Å². The Bertz CT molecular complexity index is 532. The number of Topliss-reactive ketones (excluding diaryl/α,β-unsaturated/α-hetero) is 1. The molecule has 0 amide bonds. The van der Waals surface area contributed by atoms with Crippen LogP contribution in [0.5, 0.6) is 5.75 Å². The van der Waals surface area contributed by atoms with Crippen LogP contribution in [0.1, 0.15) is 47.2 Å². The second kappa shape index (κ2) is 6.18. The van der Waals surface area contributed by atoms with Gasteiger partial charge in [-0.3, -0.25) is 4.79 Å². The first-order valence-electron chi connectivity index (χ1n) is 8.16. The summed E-state index contributed by atoms with van der Waals surface area (Å²) in [4.78, 5) is 15.4. The van der Waals surface area contributed by atoms with Gasteiger partial charge in [0.2, 0.25) is 0 Å². The van der Waals surface area contributed by atoms with Gasteiger partial charge in [-0.05, 0) is 63.4 Å². The summed E-state index contributed by atoms with van der Waals surface area (Å²) < 4.78 is 5.88. The summed E-state index contributed by atoms with van der Waals surface area (Å²) in [6.07, 6.45) is 4.71. The van der Waals surface area contributed by atoms with E-state index in [1.807, 2.05) is 19.9 Å². The predicted molar refractivity (Wildman–Crippen MR) is 84.1 cm³/mol. The van der Waals surface area contributed by atoms with Crippen LogP contribution < -0.4 is 4.74 Å². The van der Waals surface area contributed by atoms with Gasteiger partial charge in [0.25, 0.3) is 0 Å². The Hall–Kier alpha value is -1.35. The highest BCUT2D eigenvalue weighted by molar-refractivity contribution is 6.01. The number of fused-ring (bicyclic) bond motifs is 1. The molecule has 21 heavy (non-hydrogen) atoms. The van der Waals surface area contributed by atoms with Crippen LogP contribution in [-0.2, 0) is 0 Å². The Kier molecular flexibility index (Phi) is 4.29. The minimum atomic E-state index is 0.0885. The minimum Gasteiger partial charge on any atom is -0.493 e. The number of ketones is 1. The molecule has 3 nitrogen and oxygen atoms in total. The summed E-state index contributed by atoms with van der Waals surface area (Å²) in [5.41, 5.74) is 3.02. The summed E-state index contributed by atoms with van der Waals surface area (Å²) in [5, 5.41) is 0. The van der Waals surface area contributed by atoms with E-state index < -0.39 is 0 Å². The molecule has 0 radical (unpaired) electrons. The van der Waals surface area contributed by atoms with Gasteiger partial charge < -0.3 is 9.64 Å².